The fourth-order valence-corrected chi connectivity index (χ4v) is 2.24. The summed E-state index contributed by atoms with van der Waals surface area (Å²) in [7, 11) is 0. The van der Waals surface area contributed by atoms with Crippen LogP contribution in [0, 0.1) is 5.82 Å². The molecule has 1 aromatic rings. The zero-order valence-corrected chi connectivity index (χ0v) is 10.5. The number of likely N-dealkylation sites (tertiary alicyclic amines) is 1. The van der Waals surface area contributed by atoms with Crippen LogP contribution in [0.5, 0.6) is 5.75 Å². The maximum Gasteiger partial charge on any atom is 0.126 e. The van der Waals surface area contributed by atoms with Gasteiger partial charge >= 0.3 is 0 Å². The van der Waals surface area contributed by atoms with Crippen LogP contribution in [0.1, 0.15) is 19.3 Å². The zero-order valence-electron chi connectivity index (χ0n) is 10.5. The Bertz CT molecular complexity index is 367. The van der Waals surface area contributed by atoms with Gasteiger partial charge in [0.05, 0.1) is 0 Å². The van der Waals surface area contributed by atoms with E-state index in [1.807, 2.05) is 0 Å². The van der Waals surface area contributed by atoms with Gasteiger partial charge in [-0.2, -0.15) is 0 Å². The van der Waals surface area contributed by atoms with Crippen molar-refractivity contribution in [1.29, 1.82) is 0 Å². The molecule has 1 aliphatic heterocycles. The van der Waals surface area contributed by atoms with Crippen LogP contribution >= 0.6 is 0 Å². The molecule has 1 saturated heterocycles. The molecule has 18 heavy (non-hydrogen) atoms. The Morgan fingerprint density at radius 2 is 2.06 bits per heavy atom. The number of ether oxygens (including phenoxy) is 1. The average molecular weight is 253 g/mol. The fourth-order valence-electron chi connectivity index (χ4n) is 2.24. The molecule has 0 radical (unpaired) electrons. The minimum Gasteiger partial charge on any atom is -0.491 e. The molecule has 2 rings (SSSR count). The number of piperidine rings is 1. The molecule has 1 heterocycles. The smallest absolute Gasteiger partial charge is 0.126 e. The second kappa shape index (κ2) is 6.71. The van der Waals surface area contributed by atoms with Crippen molar-refractivity contribution in [3.05, 3.63) is 30.1 Å². The van der Waals surface area contributed by atoms with Crippen LogP contribution in [0.15, 0.2) is 24.3 Å². The molecule has 100 valence electrons. The van der Waals surface area contributed by atoms with Crippen molar-refractivity contribution in [1.82, 2.24) is 4.90 Å². The minimum absolute atomic E-state index is 0.208. The highest BCUT2D eigenvalue weighted by Gasteiger charge is 2.14. The monoisotopic (exact) mass is 253 g/mol. The molecule has 0 bridgehead atoms. The van der Waals surface area contributed by atoms with E-state index in [9.17, 15) is 9.50 Å². The van der Waals surface area contributed by atoms with Crippen molar-refractivity contribution in [2.45, 2.75) is 25.4 Å². The topological polar surface area (TPSA) is 32.7 Å². The third-order valence-electron chi connectivity index (χ3n) is 3.16. The van der Waals surface area contributed by atoms with E-state index in [0.29, 0.717) is 12.3 Å². The zero-order chi connectivity index (χ0) is 12.8. The first-order valence-corrected chi connectivity index (χ1v) is 6.53. The molecular formula is C14H20FNO2. The van der Waals surface area contributed by atoms with Gasteiger partial charge < -0.3 is 14.7 Å². The van der Waals surface area contributed by atoms with Gasteiger partial charge in [-0.25, -0.2) is 4.39 Å². The van der Waals surface area contributed by atoms with Crippen LogP contribution in [-0.4, -0.2) is 42.4 Å². The molecule has 4 heteroatoms. The van der Waals surface area contributed by atoms with E-state index >= 15 is 0 Å². The Labute approximate surface area is 107 Å². The molecule has 0 aromatic heterocycles. The van der Waals surface area contributed by atoms with E-state index in [-0.39, 0.29) is 12.4 Å². The van der Waals surface area contributed by atoms with Gasteiger partial charge in [-0.05, 0) is 38.1 Å². The van der Waals surface area contributed by atoms with E-state index in [1.165, 1.54) is 31.4 Å². The fraction of sp³-hybridized carbons (Fsp3) is 0.571. The maximum absolute atomic E-state index is 12.9. The Hall–Kier alpha value is -1.13. The molecule has 0 spiro atoms. The van der Waals surface area contributed by atoms with E-state index < -0.39 is 6.10 Å². The van der Waals surface area contributed by atoms with Gasteiger partial charge in [-0.3, -0.25) is 0 Å². The van der Waals surface area contributed by atoms with E-state index in [4.69, 9.17) is 4.74 Å². The lowest BCUT2D eigenvalue weighted by Gasteiger charge is -2.28. The lowest BCUT2D eigenvalue weighted by atomic mass is 10.1. The van der Waals surface area contributed by atoms with Crippen molar-refractivity contribution < 1.29 is 14.2 Å². The number of hydrogen-bond donors (Lipinski definition) is 1. The number of nitrogens with zero attached hydrogens (tertiary/aromatic N) is 1. The van der Waals surface area contributed by atoms with Crippen molar-refractivity contribution in [2.24, 2.45) is 0 Å². The largest absolute Gasteiger partial charge is 0.491 e. The van der Waals surface area contributed by atoms with E-state index in [2.05, 4.69) is 4.90 Å². The van der Waals surface area contributed by atoms with Gasteiger partial charge in [0.15, 0.2) is 0 Å². The second-order valence-electron chi connectivity index (χ2n) is 4.78. The molecule has 1 unspecified atom stereocenters. The Morgan fingerprint density at radius 3 is 2.78 bits per heavy atom. The number of hydrogen-bond acceptors (Lipinski definition) is 3. The van der Waals surface area contributed by atoms with Gasteiger partial charge in [0.1, 0.15) is 24.3 Å². The molecule has 1 N–H and O–H groups in total. The summed E-state index contributed by atoms with van der Waals surface area (Å²) in [6.07, 6.45) is 3.17. The van der Waals surface area contributed by atoms with Crippen molar-refractivity contribution >= 4 is 0 Å². The van der Waals surface area contributed by atoms with Crippen LogP contribution in [0.25, 0.3) is 0 Å². The Morgan fingerprint density at radius 1 is 1.28 bits per heavy atom. The average Bonchev–Trinajstić information content (AvgIpc) is 2.38. The predicted octanol–water partition coefficient (Wildman–Crippen LogP) is 2.05. The highest BCUT2D eigenvalue weighted by atomic mass is 19.1. The highest BCUT2D eigenvalue weighted by molar-refractivity contribution is 5.22. The number of aliphatic hydroxyl groups is 1. The third-order valence-corrected chi connectivity index (χ3v) is 3.16. The summed E-state index contributed by atoms with van der Waals surface area (Å²) in [5.41, 5.74) is 0. The van der Waals surface area contributed by atoms with Crippen LogP contribution in [-0.2, 0) is 0 Å². The molecular weight excluding hydrogens is 233 g/mol. The van der Waals surface area contributed by atoms with Crippen molar-refractivity contribution in [3.63, 3.8) is 0 Å². The summed E-state index contributed by atoms with van der Waals surface area (Å²) < 4.78 is 18.3. The summed E-state index contributed by atoms with van der Waals surface area (Å²) in [6.45, 7) is 2.95. The second-order valence-corrected chi connectivity index (χ2v) is 4.78. The van der Waals surface area contributed by atoms with E-state index in [1.54, 1.807) is 12.1 Å². The summed E-state index contributed by atoms with van der Waals surface area (Å²) in [4.78, 5) is 2.25. The van der Waals surface area contributed by atoms with Gasteiger partial charge in [-0.1, -0.05) is 12.5 Å². The lowest BCUT2D eigenvalue weighted by molar-refractivity contribution is 0.0616. The van der Waals surface area contributed by atoms with Crippen molar-refractivity contribution in [3.8, 4) is 5.75 Å². The predicted molar refractivity (Wildman–Crippen MR) is 68.2 cm³/mol. The SMILES string of the molecule is OC(COc1cccc(F)c1)CN1CCCCC1. The first-order valence-electron chi connectivity index (χ1n) is 6.53. The van der Waals surface area contributed by atoms with Gasteiger partial charge in [-0.15, -0.1) is 0 Å². The quantitative estimate of drug-likeness (QED) is 0.871. The molecule has 3 nitrogen and oxygen atoms in total. The summed E-state index contributed by atoms with van der Waals surface area (Å²) >= 11 is 0. The molecule has 0 aliphatic carbocycles. The molecule has 0 amide bonds. The molecule has 1 aromatic carbocycles. The van der Waals surface area contributed by atoms with Crippen LogP contribution in [0.4, 0.5) is 4.39 Å². The van der Waals surface area contributed by atoms with Crippen LogP contribution in [0.2, 0.25) is 0 Å². The number of β-amino-alcohol motifs (C(OH)–C–C–N with tert-alkyl or cyclic N) is 1. The number of benzene rings is 1. The number of halogens is 1. The van der Waals surface area contributed by atoms with Gasteiger partial charge in [0.2, 0.25) is 0 Å². The first kappa shape index (κ1) is 13.3. The van der Waals surface area contributed by atoms with Crippen molar-refractivity contribution in [2.75, 3.05) is 26.2 Å². The summed E-state index contributed by atoms with van der Waals surface area (Å²) in [5, 5.41) is 9.87. The Balaban J connectivity index is 1.72. The van der Waals surface area contributed by atoms with E-state index in [0.717, 1.165) is 13.1 Å². The molecule has 1 aliphatic rings. The third kappa shape index (κ3) is 4.27. The van der Waals surface area contributed by atoms with Crippen LogP contribution in [0.3, 0.4) is 0 Å². The molecule has 0 saturated carbocycles. The molecule has 1 fully saturated rings. The first-order chi connectivity index (χ1) is 8.74. The van der Waals surface area contributed by atoms with Gasteiger partial charge in [0, 0.05) is 12.6 Å². The summed E-state index contributed by atoms with van der Waals surface area (Å²) in [6, 6.07) is 5.99. The standard InChI is InChI=1S/C14H20FNO2/c15-12-5-4-6-14(9-12)18-11-13(17)10-16-7-2-1-3-8-16/h4-6,9,13,17H,1-3,7-8,10-11H2. The highest BCUT2D eigenvalue weighted by Crippen LogP contribution is 2.13. The lowest BCUT2D eigenvalue weighted by Crippen LogP contribution is -2.38. The van der Waals surface area contributed by atoms with Crippen LogP contribution < -0.4 is 4.74 Å². The minimum atomic E-state index is -0.522. The maximum atomic E-state index is 12.9. The normalized spacial score (nSPS) is 18.6. The Kier molecular flexibility index (Phi) is 4.96. The summed E-state index contributed by atoms with van der Waals surface area (Å²) in [5.74, 6) is 0.144. The molecule has 1 atom stereocenters. The van der Waals surface area contributed by atoms with Gasteiger partial charge in [0.25, 0.3) is 0 Å². The number of aliphatic hydroxyl groups excluding tert-OH is 1. The number of rotatable bonds is 5.